The highest BCUT2D eigenvalue weighted by molar-refractivity contribution is 6.30. The Morgan fingerprint density at radius 2 is 1.83 bits per heavy atom. The smallest absolute Gasteiger partial charge is 0.160 e. The predicted molar refractivity (Wildman–Crippen MR) is 95.4 cm³/mol. The molecule has 2 aromatic heterocycles. The van der Waals surface area contributed by atoms with E-state index in [1.165, 1.54) is 0 Å². The van der Waals surface area contributed by atoms with Crippen LogP contribution >= 0.6 is 11.6 Å². The molecule has 0 amide bonds. The molecule has 6 nitrogen and oxygen atoms in total. The minimum atomic E-state index is 0.288. The molecule has 0 atom stereocenters. The van der Waals surface area contributed by atoms with Crippen molar-refractivity contribution in [3.05, 3.63) is 17.4 Å². The minimum absolute atomic E-state index is 0.288. The molecule has 7 heteroatoms. The summed E-state index contributed by atoms with van der Waals surface area (Å²) in [7, 11) is 1.00. The summed E-state index contributed by atoms with van der Waals surface area (Å²) in [5.74, 6) is 0.983. The van der Waals surface area contributed by atoms with Crippen molar-refractivity contribution >= 4 is 28.3 Å². The number of aliphatic hydroxyl groups is 1. The lowest BCUT2D eigenvalue weighted by atomic mass is 10.3. The number of fused-ring (bicyclic) bond motifs is 1. The molecule has 0 radical (unpaired) electrons. The number of ether oxygens (including phenoxy) is 1. The second-order valence-electron chi connectivity index (χ2n) is 4.99. The third kappa shape index (κ3) is 4.56. The molecule has 0 saturated carbocycles. The molecule has 1 saturated heterocycles. The van der Waals surface area contributed by atoms with Gasteiger partial charge in [-0.15, -0.1) is 0 Å². The minimum Gasteiger partial charge on any atom is -0.400 e. The molecule has 3 heterocycles. The van der Waals surface area contributed by atoms with Crippen LogP contribution in [-0.4, -0.2) is 53.3 Å². The quantitative estimate of drug-likeness (QED) is 0.849. The first-order valence-corrected chi connectivity index (χ1v) is 8.36. The Labute approximate surface area is 143 Å². The third-order valence-electron chi connectivity index (χ3n) is 3.34. The van der Waals surface area contributed by atoms with Gasteiger partial charge in [0.25, 0.3) is 0 Å². The summed E-state index contributed by atoms with van der Waals surface area (Å²) in [6, 6.07) is 2.17. The van der Waals surface area contributed by atoms with Crippen LogP contribution in [0.25, 0.3) is 10.9 Å². The van der Waals surface area contributed by atoms with Gasteiger partial charge in [-0.3, -0.25) is 4.68 Å². The lowest BCUT2D eigenvalue weighted by molar-refractivity contribution is 0.122. The Morgan fingerprint density at radius 1 is 1.22 bits per heavy atom. The Hall–Kier alpha value is -1.37. The van der Waals surface area contributed by atoms with E-state index in [2.05, 4.69) is 23.7 Å². The number of pyridine rings is 1. The van der Waals surface area contributed by atoms with Gasteiger partial charge in [0.05, 0.1) is 24.1 Å². The van der Waals surface area contributed by atoms with Gasteiger partial charge < -0.3 is 14.7 Å². The highest BCUT2D eigenvalue weighted by Gasteiger charge is 2.20. The molecule has 0 aromatic carbocycles. The fourth-order valence-electron chi connectivity index (χ4n) is 2.39. The van der Waals surface area contributed by atoms with Crippen LogP contribution < -0.4 is 4.90 Å². The number of rotatable bonds is 2. The molecular formula is C16H27ClN4O2. The Bertz CT molecular complexity index is 595. The summed E-state index contributed by atoms with van der Waals surface area (Å²) in [6.07, 6.45) is 1.81. The molecule has 1 N–H and O–H groups in total. The van der Waals surface area contributed by atoms with Gasteiger partial charge in [0.2, 0.25) is 0 Å². The van der Waals surface area contributed by atoms with Crippen LogP contribution in [0, 0.1) is 0 Å². The molecule has 1 aliphatic heterocycles. The number of nitrogens with zero attached hydrogens (tertiary/aromatic N) is 4. The standard InChI is InChI=1S/C13H17ClN4O.C2H6.CH4O/c1-9(2)18-11-7-12(14)15-8-10(11)13(16-18)17-3-5-19-6-4-17;2*1-2/h7-9H,3-6H2,1-2H3;1-2H3;2H,1H3. The maximum absolute atomic E-state index is 7.00. The van der Waals surface area contributed by atoms with Crippen LogP contribution in [0.3, 0.4) is 0 Å². The van der Waals surface area contributed by atoms with E-state index in [0.29, 0.717) is 5.15 Å². The summed E-state index contributed by atoms with van der Waals surface area (Å²) in [4.78, 5) is 6.44. The second-order valence-corrected chi connectivity index (χ2v) is 5.37. The fourth-order valence-corrected chi connectivity index (χ4v) is 2.55. The molecule has 3 rings (SSSR count). The monoisotopic (exact) mass is 342 g/mol. The zero-order chi connectivity index (χ0) is 17.4. The third-order valence-corrected chi connectivity index (χ3v) is 3.55. The van der Waals surface area contributed by atoms with E-state index >= 15 is 0 Å². The number of hydrogen-bond acceptors (Lipinski definition) is 5. The molecule has 1 aliphatic rings. The van der Waals surface area contributed by atoms with Crippen molar-refractivity contribution in [1.29, 1.82) is 0 Å². The fraction of sp³-hybridized carbons (Fsp3) is 0.625. The lowest BCUT2D eigenvalue weighted by Gasteiger charge is -2.26. The van der Waals surface area contributed by atoms with Gasteiger partial charge in [0, 0.05) is 38.5 Å². The van der Waals surface area contributed by atoms with Gasteiger partial charge >= 0.3 is 0 Å². The van der Waals surface area contributed by atoms with E-state index in [1.807, 2.05) is 30.8 Å². The Kier molecular flexibility index (Phi) is 8.30. The first-order chi connectivity index (χ1) is 11.2. The summed E-state index contributed by atoms with van der Waals surface area (Å²) < 4.78 is 7.40. The summed E-state index contributed by atoms with van der Waals surface area (Å²) >= 11 is 6.00. The highest BCUT2D eigenvalue weighted by Crippen LogP contribution is 2.29. The Balaban J connectivity index is 0.000000615. The molecule has 1 fully saturated rings. The van der Waals surface area contributed by atoms with Crippen LogP contribution in [0.2, 0.25) is 5.15 Å². The van der Waals surface area contributed by atoms with Crippen molar-refractivity contribution in [2.24, 2.45) is 0 Å². The topological polar surface area (TPSA) is 63.4 Å². The maximum Gasteiger partial charge on any atom is 0.160 e. The van der Waals surface area contributed by atoms with E-state index in [-0.39, 0.29) is 6.04 Å². The molecule has 2 aromatic rings. The number of morpholine rings is 1. The highest BCUT2D eigenvalue weighted by atomic mass is 35.5. The van der Waals surface area contributed by atoms with E-state index in [4.69, 9.17) is 26.5 Å². The number of aliphatic hydroxyl groups excluding tert-OH is 1. The molecular weight excluding hydrogens is 316 g/mol. The zero-order valence-corrected chi connectivity index (χ0v) is 15.3. The summed E-state index contributed by atoms with van der Waals surface area (Å²) in [5.41, 5.74) is 1.04. The normalized spacial score (nSPS) is 14.2. The van der Waals surface area contributed by atoms with Gasteiger partial charge in [-0.2, -0.15) is 5.10 Å². The molecule has 0 bridgehead atoms. The van der Waals surface area contributed by atoms with Crippen molar-refractivity contribution in [1.82, 2.24) is 14.8 Å². The van der Waals surface area contributed by atoms with Crippen LogP contribution in [0.5, 0.6) is 0 Å². The van der Waals surface area contributed by atoms with Crippen LogP contribution in [-0.2, 0) is 4.74 Å². The number of halogens is 1. The average Bonchev–Trinajstić information content (AvgIpc) is 2.98. The van der Waals surface area contributed by atoms with E-state index in [9.17, 15) is 0 Å². The van der Waals surface area contributed by atoms with Crippen molar-refractivity contribution in [2.45, 2.75) is 33.7 Å². The first-order valence-electron chi connectivity index (χ1n) is 7.98. The molecule has 0 aliphatic carbocycles. The van der Waals surface area contributed by atoms with Crippen molar-refractivity contribution in [3.8, 4) is 0 Å². The predicted octanol–water partition coefficient (Wildman–Crippen LogP) is 3.14. The summed E-state index contributed by atoms with van der Waals surface area (Å²) in [6.45, 7) is 11.5. The number of anilines is 1. The van der Waals surface area contributed by atoms with Crippen molar-refractivity contribution in [2.75, 3.05) is 38.3 Å². The lowest BCUT2D eigenvalue weighted by Crippen LogP contribution is -2.36. The van der Waals surface area contributed by atoms with Crippen molar-refractivity contribution < 1.29 is 9.84 Å². The van der Waals surface area contributed by atoms with Crippen LogP contribution in [0.4, 0.5) is 5.82 Å². The van der Waals surface area contributed by atoms with E-state index in [1.54, 1.807) is 0 Å². The van der Waals surface area contributed by atoms with Crippen molar-refractivity contribution in [3.63, 3.8) is 0 Å². The average molecular weight is 343 g/mol. The van der Waals surface area contributed by atoms with Gasteiger partial charge in [-0.1, -0.05) is 25.4 Å². The van der Waals surface area contributed by atoms with Gasteiger partial charge in [-0.25, -0.2) is 4.98 Å². The van der Waals surface area contributed by atoms with Gasteiger partial charge in [-0.05, 0) is 13.8 Å². The zero-order valence-electron chi connectivity index (χ0n) is 14.6. The molecule has 0 unspecified atom stereocenters. The van der Waals surface area contributed by atoms with Crippen LogP contribution in [0.15, 0.2) is 12.3 Å². The van der Waals surface area contributed by atoms with E-state index < -0.39 is 0 Å². The second kappa shape index (κ2) is 9.70. The largest absolute Gasteiger partial charge is 0.400 e. The first kappa shape index (κ1) is 19.7. The molecule has 130 valence electrons. The number of hydrogen-bond donors (Lipinski definition) is 1. The molecule has 0 spiro atoms. The summed E-state index contributed by atoms with van der Waals surface area (Å²) in [5, 5.41) is 13.3. The van der Waals surface area contributed by atoms with Gasteiger partial charge in [0.15, 0.2) is 5.82 Å². The van der Waals surface area contributed by atoms with Crippen LogP contribution in [0.1, 0.15) is 33.7 Å². The molecule has 23 heavy (non-hydrogen) atoms. The van der Waals surface area contributed by atoms with Gasteiger partial charge in [0.1, 0.15) is 5.15 Å². The number of aromatic nitrogens is 3. The maximum atomic E-state index is 7.00. The Morgan fingerprint density at radius 3 is 2.39 bits per heavy atom. The van der Waals surface area contributed by atoms with E-state index in [0.717, 1.165) is 50.1 Å². The SMILES string of the molecule is CC.CC(C)n1nc(N2CCOCC2)c2cnc(Cl)cc21.CO.